The molecule has 0 bridgehead atoms. The summed E-state index contributed by atoms with van der Waals surface area (Å²) in [6.07, 6.45) is 1.73. The van der Waals surface area contributed by atoms with Crippen molar-refractivity contribution in [3.63, 3.8) is 0 Å². The van der Waals surface area contributed by atoms with Crippen molar-refractivity contribution in [1.82, 2.24) is 20.0 Å². The number of amides is 2. The van der Waals surface area contributed by atoms with Crippen molar-refractivity contribution < 1.29 is 19.4 Å². The van der Waals surface area contributed by atoms with E-state index in [1.165, 1.54) is 0 Å². The first kappa shape index (κ1) is 15.3. The third-order valence-electron chi connectivity index (χ3n) is 3.65. The third kappa shape index (κ3) is 3.52. The number of urea groups is 1. The lowest BCUT2D eigenvalue weighted by Gasteiger charge is -2.46. The van der Waals surface area contributed by atoms with Gasteiger partial charge in [-0.2, -0.15) is 5.10 Å². The molecule has 1 aliphatic heterocycles. The normalized spacial score (nSPS) is 16.4. The number of carbonyl (C=O) groups excluding carboxylic acids is 1. The van der Waals surface area contributed by atoms with Crippen molar-refractivity contribution in [3.8, 4) is 0 Å². The summed E-state index contributed by atoms with van der Waals surface area (Å²) in [6.45, 7) is 4.58. The second kappa shape index (κ2) is 5.72. The molecule has 0 aromatic carbocycles. The smallest absolute Gasteiger partial charge is 0.329 e. The van der Waals surface area contributed by atoms with Gasteiger partial charge in [-0.25, -0.2) is 9.59 Å². The predicted molar refractivity (Wildman–Crippen MR) is 73.7 cm³/mol. The van der Waals surface area contributed by atoms with Crippen molar-refractivity contribution >= 4 is 12.0 Å². The Morgan fingerprint density at radius 1 is 1.52 bits per heavy atom. The monoisotopic (exact) mass is 296 g/mol. The van der Waals surface area contributed by atoms with Gasteiger partial charge in [-0.15, -0.1) is 0 Å². The highest BCUT2D eigenvalue weighted by Gasteiger charge is 2.42. The van der Waals surface area contributed by atoms with Crippen LogP contribution in [-0.2, 0) is 23.1 Å². The maximum absolute atomic E-state index is 12.0. The SMILES string of the molecule is Cc1c(CNC(=O)N2CC(C)(OCC(=O)O)C2)cnn1C. The van der Waals surface area contributed by atoms with Crippen LogP contribution in [0.15, 0.2) is 6.20 Å². The first-order chi connectivity index (χ1) is 9.81. The Hall–Kier alpha value is -2.09. The number of nitrogens with zero attached hydrogens (tertiary/aromatic N) is 3. The van der Waals surface area contributed by atoms with Crippen LogP contribution in [0.25, 0.3) is 0 Å². The molecular formula is C13H20N4O4. The summed E-state index contributed by atoms with van der Waals surface area (Å²) in [5.41, 5.74) is 1.41. The van der Waals surface area contributed by atoms with E-state index in [1.807, 2.05) is 14.0 Å². The minimum Gasteiger partial charge on any atom is -0.480 e. The summed E-state index contributed by atoms with van der Waals surface area (Å²) in [4.78, 5) is 24.0. The number of rotatable bonds is 5. The quantitative estimate of drug-likeness (QED) is 0.804. The number of carbonyl (C=O) groups is 2. The van der Waals surface area contributed by atoms with Crippen molar-refractivity contribution in [2.45, 2.75) is 26.0 Å². The number of hydrogen-bond donors (Lipinski definition) is 2. The van der Waals surface area contributed by atoms with Gasteiger partial charge in [0, 0.05) is 24.8 Å². The van der Waals surface area contributed by atoms with Gasteiger partial charge < -0.3 is 20.1 Å². The van der Waals surface area contributed by atoms with Gasteiger partial charge in [0.25, 0.3) is 0 Å². The summed E-state index contributed by atoms with van der Waals surface area (Å²) >= 11 is 0. The molecule has 0 unspecified atom stereocenters. The predicted octanol–water partition coefficient (Wildman–Crippen LogP) is 0.114. The molecule has 116 valence electrons. The molecule has 0 spiro atoms. The highest BCUT2D eigenvalue weighted by Crippen LogP contribution is 2.24. The average Bonchev–Trinajstić information content (AvgIpc) is 2.71. The molecule has 1 saturated heterocycles. The Balaban J connectivity index is 1.76. The van der Waals surface area contributed by atoms with E-state index in [2.05, 4.69) is 10.4 Å². The Labute approximate surface area is 122 Å². The molecule has 1 aromatic heterocycles. The second-order valence-electron chi connectivity index (χ2n) is 5.53. The van der Waals surface area contributed by atoms with Crippen LogP contribution in [0.1, 0.15) is 18.2 Å². The summed E-state index contributed by atoms with van der Waals surface area (Å²) in [7, 11) is 1.85. The fourth-order valence-electron chi connectivity index (χ4n) is 2.23. The van der Waals surface area contributed by atoms with E-state index in [9.17, 15) is 9.59 Å². The number of nitrogens with one attached hydrogen (secondary N) is 1. The van der Waals surface area contributed by atoms with Crippen molar-refractivity contribution in [2.24, 2.45) is 7.05 Å². The van der Waals surface area contributed by atoms with Crippen LogP contribution < -0.4 is 5.32 Å². The number of carboxylic acid groups (broad SMARTS) is 1. The number of ether oxygens (including phenoxy) is 1. The van der Waals surface area contributed by atoms with Gasteiger partial charge in [-0.3, -0.25) is 4.68 Å². The van der Waals surface area contributed by atoms with Gasteiger partial charge in [-0.1, -0.05) is 0 Å². The minimum absolute atomic E-state index is 0.186. The molecule has 2 amide bonds. The molecule has 1 aromatic rings. The van der Waals surface area contributed by atoms with Crippen LogP contribution in [0.2, 0.25) is 0 Å². The molecule has 0 aliphatic carbocycles. The van der Waals surface area contributed by atoms with E-state index < -0.39 is 11.6 Å². The highest BCUT2D eigenvalue weighted by atomic mass is 16.5. The second-order valence-corrected chi connectivity index (χ2v) is 5.53. The highest BCUT2D eigenvalue weighted by molar-refractivity contribution is 5.75. The summed E-state index contributed by atoms with van der Waals surface area (Å²) in [6, 6.07) is -0.186. The van der Waals surface area contributed by atoms with E-state index in [-0.39, 0.29) is 12.6 Å². The van der Waals surface area contributed by atoms with Gasteiger partial charge in [0.15, 0.2) is 0 Å². The average molecular weight is 296 g/mol. The molecule has 0 atom stereocenters. The summed E-state index contributed by atoms with van der Waals surface area (Å²) in [5, 5.41) is 15.5. The minimum atomic E-state index is -1.01. The van der Waals surface area contributed by atoms with Crippen molar-refractivity contribution in [2.75, 3.05) is 19.7 Å². The first-order valence-corrected chi connectivity index (χ1v) is 6.67. The van der Waals surface area contributed by atoms with E-state index in [0.29, 0.717) is 19.6 Å². The summed E-state index contributed by atoms with van der Waals surface area (Å²) < 4.78 is 7.01. The number of aryl methyl sites for hydroxylation is 1. The zero-order valence-corrected chi connectivity index (χ0v) is 12.4. The van der Waals surface area contributed by atoms with Crippen LogP contribution in [0.5, 0.6) is 0 Å². The van der Waals surface area contributed by atoms with Gasteiger partial charge in [0.2, 0.25) is 0 Å². The van der Waals surface area contributed by atoms with E-state index in [1.54, 1.807) is 22.7 Å². The van der Waals surface area contributed by atoms with Crippen molar-refractivity contribution in [3.05, 3.63) is 17.5 Å². The Morgan fingerprint density at radius 3 is 2.71 bits per heavy atom. The molecule has 8 heteroatoms. The van der Waals surface area contributed by atoms with Gasteiger partial charge in [0.05, 0.1) is 19.3 Å². The lowest BCUT2D eigenvalue weighted by atomic mass is 9.97. The topological polar surface area (TPSA) is 96.7 Å². The molecule has 1 aliphatic rings. The number of aromatic nitrogens is 2. The van der Waals surface area contributed by atoms with Crippen LogP contribution >= 0.6 is 0 Å². The van der Waals surface area contributed by atoms with Crippen LogP contribution in [0, 0.1) is 6.92 Å². The number of hydrogen-bond acceptors (Lipinski definition) is 4. The standard InChI is InChI=1S/C13H20N4O4/c1-9-10(5-15-16(9)3)4-14-12(20)17-7-13(2,8-17)21-6-11(18)19/h5H,4,6-8H2,1-3H3,(H,14,20)(H,18,19). The van der Waals surface area contributed by atoms with Crippen LogP contribution in [0.3, 0.4) is 0 Å². The molecule has 21 heavy (non-hydrogen) atoms. The Kier molecular flexibility index (Phi) is 4.17. The molecule has 2 rings (SSSR count). The maximum Gasteiger partial charge on any atom is 0.329 e. The van der Waals surface area contributed by atoms with E-state index >= 15 is 0 Å². The zero-order chi connectivity index (χ0) is 15.6. The van der Waals surface area contributed by atoms with E-state index in [4.69, 9.17) is 9.84 Å². The third-order valence-corrected chi connectivity index (χ3v) is 3.65. The molecule has 2 heterocycles. The molecule has 1 fully saturated rings. The molecule has 0 saturated carbocycles. The van der Waals surface area contributed by atoms with Gasteiger partial charge >= 0.3 is 12.0 Å². The molecular weight excluding hydrogens is 276 g/mol. The number of likely N-dealkylation sites (tertiary alicyclic amines) is 1. The number of aliphatic carboxylic acids is 1. The number of carboxylic acids is 1. The molecule has 2 N–H and O–H groups in total. The zero-order valence-electron chi connectivity index (χ0n) is 12.4. The molecule has 0 radical (unpaired) electrons. The maximum atomic E-state index is 12.0. The van der Waals surface area contributed by atoms with E-state index in [0.717, 1.165) is 11.3 Å². The Bertz CT molecular complexity index is 548. The molecule has 8 nitrogen and oxygen atoms in total. The fourth-order valence-corrected chi connectivity index (χ4v) is 2.23. The van der Waals surface area contributed by atoms with Crippen LogP contribution in [0.4, 0.5) is 4.79 Å². The fraction of sp³-hybridized carbons (Fsp3) is 0.615. The summed E-state index contributed by atoms with van der Waals surface area (Å²) in [5.74, 6) is -1.01. The Morgan fingerprint density at radius 2 is 2.19 bits per heavy atom. The lowest BCUT2D eigenvalue weighted by Crippen LogP contribution is -2.65. The lowest BCUT2D eigenvalue weighted by molar-refractivity contribution is -0.159. The first-order valence-electron chi connectivity index (χ1n) is 6.67. The van der Waals surface area contributed by atoms with Gasteiger partial charge in [0.1, 0.15) is 12.2 Å². The van der Waals surface area contributed by atoms with Crippen molar-refractivity contribution in [1.29, 1.82) is 0 Å². The van der Waals surface area contributed by atoms with Gasteiger partial charge in [-0.05, 0) is 13.8 Å². The largest absolute Gasteiger partial charge is 0.480 e. The van der Waals surface area contributed by atoms with Crippen LogP contribution in [-0.4, -0.2) is 57.1 Å².